The van der Waals surface area contributed by atoms with Crippen molar-refractivity contribution in [1.29, 1.82) is 0 Å². The fraction of sp³-hybridized carbons (Fsp3) is 0.250. The molecule has 2 aromatic carbocycles. The number of para-hydroxylation sites is 1. The Bertz CT molecular complexity index is 1100. The number of nitrogens with zero attached hydrogens (tertiary/aromatic N) is 2. The number of carbonyl (C=O) groups excluding carboxylic acids is 2. The van der Waals surface area contributed by atoms with Crippen LogP contribution in [0.3, 0.4) is 0 Å². The lowest BCUT2D eigenvalue weighted by Crippen LogP contribution is -2.17. The summed E-state index contributed by atoms with van der Waals surface area (Å²) in [6.45, 7) is 8.24. The summed E-state index contributed by atoms with van der Waals surface area (Å²) in [7, 11) is 0. The van der Waals surface area contributed by atoms with Crippen molar-refractivity contribution in [2.24, 2.45) is 0 Å². The highest BCUT2D eigenvalue weighted by atomic mass is 32.2. The number of ether oxygens (including phenoxy) is 1. The second-order valence-electron chi connectivity index (χ2n) is 7.11. The predicted octanol–water partition coefficient (Wildman–Crippen LogP) is 4.98. The number of anilines is 1. The molecule has 3 aromatic rings. The van der Waals surface area contributed by atoms with Crippen LogP contribution in [0.4, 0.5) is 5.69 Å². The minimum atomic E-state index is -0.464. The number of nitrogens with one attached hydrogen (secondary N) is 1. The molecular weight excluding hydrogens is 410 g/mol. The molecular formula is C24H25N3O3S. The maximum Gasteiger partial charge on any atom is 0.340 e. The Morgan fingerprint density at radius 2 is 1.71 bits per heavy atom. The summed E-state index contributed by atoms with van der Waals surface area (Å²) in [6, 6.07) is 14.8. The molecule has 1 N–H and O–H groups in total. The van der Waals surface area contributed by atoms with Crippen molar-refractivity contribution >= 4 is 29.3 Å². The zero-order valence-electron chi connectivity index (χ0n) is 18.1. The minimum absolute atomic E-state index is 0.147. The van der Waals surface area contributed by atoms with Gasteiger partial charge in [0.1, 0.15) is 5.03 Å². The van der Waals surface area contributed by atoms with Crippen LogP contribution in [-0.4, -0.2) is 34.4 Å². The zero-order valence-corrected chi connectivity index (χ0v) is 18.9. The standard InChI is InChI=1S/C24H25N3O3S/c1-5-30-24(29)18-8-6-7-9-20(18)25-22(28)14-31-23-11-10-21(26-27-23)19-13-16(3)15(2)12-17(19)4/h6-13H,5,14H2,1-4H3,(H,25,28). The zero-order chi connectivity index (χ0) is 22.4. The average Bonchev–Trinajstić information content (AvgIpc) is 2.76. The molecule has 0 radical (unpaired) electrons. The third-order valence-electron chi connectivity index (χ3n) is 4.80. The molecule has 0 fully saturated rings. The molecule has 0 bridgehead atoms. The van der Waals surface area contributed by atoms with Crippen LogP contribution in [0, 0.1) is 20.8 Å². The molecule has 160 valence electrons. The van der Waals surface area contributed by atoms with Gasteiger partial charge in [0.2, 0.25) is 5.91 Å². The summed E-state index contributed by atoms with van der Waals surface area (Å²) < 4.78 is 5.04. The van der Waals surface area contributed by atoms with Crippen LogP contribution in [0.5, 0.6) is 0 Å². The lowest BCUT2D eigenvalue weighted by atomic mass is 9.99. The van der Waals surface area contributed by atoms with Crippen molar-refractivity contribution < 1.29 is 14.3 Å². The van der Waals surface area contributed by atoms with Crippen LogP contribution < -0.4 is 5.32 Å². The highest BCUT2D eigenvalue weighted by Gasteiger charge is 2.14. The molecule has 7 heteroatoms. The molecule has 1 aromatic heterocycles. The highest BCUT2D eigenvalue weighted by Crippen LogP contribution is 2.26. The smallest absolute Gasteiger partial charge is 0.340 e. The van der Waals surface area contributed by atoms with Gasteiger partial charge >= 0.3 is 5.97 Å². The van der Waals surface area contributed by atoms with Crippen LogP contribution >= 0.6 is 11.8 Å². The van der Waals surface area contributed by atoms with E-state index >= 15 is 0 Å². The Morgan fingerprint density at radius 3 is 2.42 bits per heavy atom. The van der Waals surface area contributed by atoms with Gasteiger partial charge in [-0.2, -0.15) is 0 Å². The fourth-order valence-corrected chi connectivity index (χ4v) is 3.70. The summed E-state index contributed by atoms with van der Waals surface area (Å²) in [5, 5.41) is 12.0. The number of esters is 1. The molecule has 0 unspecified atom stereocenters. The van der Waals surface area contributed by atoms with E-state index in [-0.39, 0.29) is 18.3 Å². The second kappa shape index (κ2) is 10.2. The predicted molar refractivity (Wildman–Crippen MR) is 123 cm³/mol. The topological polar surface area (TPSA) is 81.2 Å². The number of benzene rings is 2. The largest absolute Gasteiger partial charge is 0.462 e. The molecule has 3 rings (SSSR count). The maximum atomic E-state index is 12.4. The normalized spacial score (nSPS) is 10.6. The van der Waals surface area contributed by atoms with Gasteiger partial charge in [-0.05, 0) is 74.7 Å². The molecule has 0 aliphatic rings. The number of carbonyl (C=O) groups is 2. The Labute approximate surface area is 186 Å². The molecule has 0 saturated carbocycles. The lowest BCUT2D eigenvalue weighted by molar-refractivity contribution is -0.113. The monoisotopic (exact) mass is 435 g/mol. The molecule has 0 spiro atoms. The van der Waals surface area contributed by atoms with Crippen molar-refractivity contribution in [3.05, 3.63) is 70.8 Å². The van der Waals surface area contributed by atoms with E-state index in [1.54, 1.807) is 31.2 Å². The summed E-state index contributed by atoms with van der Waals surface area (Å²) in [4.78, 5) is 24.4. The van der Waals surface area contributed by atoms with Crippen molar-refractivity contribution in [2.45, 2.75) is 32.7 Å². The quantitative estimate of drug-likeness (QED) is 0.417. The number of hydrogen-bond acceptors (Lipinski definition) is 6. The molecule has 0 aliphatic carbocycles. The van der Waals surface area contributed by atoms with Gasteiger partial charge in [0, 0.05) is 5.56 Å². The number of amides is 1. The van der Waals surface area contributed by atoms with E-state index in [0.29, 0.717) is 16.3 Å². The Kier molecular flexibility index (Phi) is 7.41. The molecule has 1 amide bonds. The van der Waals surface area contributed by atoms with E-state index in [0.717, 1.165) is 16.8 Å². The molecule has 31 heavy (non-hydrogen) atoms. The number of thioether (sulfide) groups is 1. The molecule has 6 nitrogen and oxygen atoms in total. The van der Waals surface area contributed by atoms with Gasteiger partial charge in [-0.15, -0.1) is 10.2 Å². The van der Waals surface area contributed by atoms with E-state index in [9.17, 15) is 9.59 Å². The van der Waals surface area contributed by atoms with E-state index < -0.39 is 5.97 Å². The van der Waals surface area contributed by atoms with E-state index in [1.807, 2.05) is 12.1 Å². The first-order valence-electron chi connectivity index (χ1n) is 9.99. The van der Waals surface area contributed by atoms with Gasteiger partial charge in [-0.3, -0.25) is 4.79 Å². The summed E-state index contributed by atoms with van der Waals surface area (Å²) in [5.74, 6) is -0.555. The first-order valence-corrected chi connectivity index (χ1v) is 11.0. The molecule has 0 aliphatic heterocycles. The van der Waals surface area contributed by atoms with Gasteiger partial charge in [0.25, 0.3) is 0 Å². The van der Waals surface area contributed by atoms with E-state index in [4.69, 9.17) is 4.74 Å². The Hall–Kier alpha value is -3.19. The van der Waals surface area contributed by atoms with Gasteiger partial charge in [0.05, 0.1) is 29.3 Å². The third kappa shape index (κ3) is 5.70. The first kappa shape index (κ1) is 22.5. The summed E-state index contributed by atoms with van der Waals surface area (Å²) in [5.41, 5.74) is 6.22. The van der Waals surface area contributed by atoms with Crippen molar-refractivity contribution in [2.75, 3.05) is 17.7 Å². The van der Waals surface area contributed by atoms with Crippen LogP contribution in [0.15, 0.2) is 53.6 Å². The van der Waals surface area contributed by atoms with Crippen LogP contribution in [0.2, 0.25) is 0 Å². The fourth-order valence-electron chi connectivity index (χ4n) is 3.08. The van der Waals surface area contributed by atoms with Gasteiger partial charge in [-0.1, -0.05) is 30.0 Å². The number of hydrogen-bond donors (Lipinski definition) is 1. The molecule has 1 heterocycles. The summed E-state index contributed by atoms with van der Waals surface area (Å²) >= 11 is 1.28. The highest BCUT2D eigenvalue weighted by molar-refractivity contribution is 7.99. The van der Waals surface area contributed by atoms with E-state index in [2.05, 4.69) is 48.4 Å². The maximum absolute atomic E-state index is 12.4. The minimum Gasteiger partial charge on any atom is -0.462 e. The number of aromatic nitrogens is 2. The van der Waals surface area contributed by atoms with Gasteiger partial charge in [0.15, 0.2) is 0 Å². The van der Waals surface area contributed by atoms with Crippen molar-refractivity contribution in [3.8, 4) is 11.3 Å². The molecule has 0 saturated heterocycles. The van der Waals surface area contributed by atoms with Crippen LogP contribution in [-0.2, 0) is 9.53 Å². The Morgan fingerprint density at radius 1 is 0.968 bits per heavy atom. The van der Waals surface area contributed by atoms with Crippen molar-refractivity contribution in [3.63, 3.8) is 0 Å². The van der Waals surface area contributed by atoms with Gasteiger partial charge < -0.3 is 10.1 Å². The summed E-state index contributed by atoms with van der Waals surface area (Å²) in [6.07, 6.45) is 0. The average molecular weight is 436 g/mol. The van der Waals surface area contributed by atoms with Crippen LogP contribution in [0.1, 0.15) is 34.0 Å². The number of rotatable bonds is 7. The van der Waals surface area contributed by atoms with Gasteiger partial charge in [-0.25, -0.2) is 4.79 Å². The van der Waals surface area contributed by atoms with E-state index in [1.165, 1.54) is 22.9 Å². The van der Waals surface area contributed by atoms with Crippen LogP contribution in [0.25, 0.3) is 11.3 Å². The lowest BCUT2D eigenvalue weighted by Gasteiger charge is -2.10. The van der Waals surface area contributed by atoms with Crippen molar-refractivity contribution in [1.82, 2.24) is 10.2 Å². The Balaban J connectivity index is 1.63. The SMILES string of the molecule is CCOC(=O)c1ccccc1NC(=O)CSc1ccc(-c2cc(C)c(C)cc2C)nn1. The third-order valence-corrected chi connectivity index (χ3v) is 5.72. The second-order valence-corrected chi connectivity index (χ2v) is 8.11. The molecule has 0 atom stereocenters. The first-order chi connectivity index (χ1) is 14.9. The number of aryl methyl sites for hydroxylation is 3.